The van der Waals surface area contributed by atoms with Crippen molar-refractivity contribution in [2.75, 3.05) is 5.32 Å². The zero-order valence-corrected chi connectivity index (χ0v) is 15.3. The molecule has 0 fully saturated rings. The van der Waals surface area contributed by atoms with Crippen molar-refractivity contribution in [1.82, 2.24) is 29.7 Å². The van der Waals surface area contributed by atoms with Gasteiger partial charge in [0, 0.05) is 24.5 Å². The molecule has 3 heterocycles. The molecule has 26 heavy (non-hydrogen) atoms. The minimum absolute atomic E-state index is 0.565. The third-order valence-corrected chi connectivity index (χ3v) is 4.46. The largest absolute Gasteiger partial charge is 0.363 e. The Morgan fingerprint density at radius 1 is 1.08 bits per heavy atom. The van der Waals surface area contributed by atoms with E-state index < -0.39 is 0 Å². The summed E-state index contributed by atoms with van der Waals surface area (Å²) >= 11 is 0. The van der Waals surface area contributed by atoms with Gasteiger partial charge in [-0.15, -0.1) is 0 Å². The van der Waals surface area contributed by atoms with E-state index >= 15 is 0 Å². The molecule has 0 bridgehead atoms. The van der Waals surface area contributed by atoms with Crippen LogP contribution in [0, 0.1) is 20.8 Å². The Kier molecular flexibility index (Phi) is 3.91. The topological polar surface area (TPSA) is 84.3 Å². The summed E-state index contributed by atoms with van der Waals surface area (Å²) in [7, 11) is 1.93. The summed E-state index contributed by atoms with van der Waals surface area (Å²) in [6.45, 7) is 6.55. The first-order chi connectivity index (χ1) is 12.5. The van der Waals surface area contributed by atoms with Crippen molar-refractivity contribution in [2.45, 2.75) is 27.3 Å². The predicted molar refractivity (Wildman–Crippen MR) is 102 cm³/mol. The number of anilines is 1. The number of rotatable bonds is 4. The van der Waals surface area contributed by atoms with Crippen LogP contribution in [0.5, 0.6) is 0 Å². The Labute approximate surface area is 151 Å². The van der Waals surface area contributed by atoms with Crippen LogP contribution >= 0.6 is 0 Å². The highest BCUT2D eigenvalue weighted by Crippen LogP contribution is 2.25. The second kappa shape index (κ2) is 6.25. The SMILES string of the molecule is Cc1cc(NCc2nc3ccccc3[nH]2)nc(-c2c(C)nn(C)c2C)n1. The van der Waals surface area contributed by atoms with Gasteiger partial charge in [-0.1, -0.05) is 12.1 Å². The maximum Gasteiger partial charge on any atom is 0.165 e. The van der Waals surface area contributed by atoms with Crippen LogP contribution in [0.25, 0.3) is 22.4 Å². The quantitative estimate of drug-likeness (QED) is 0.592. The van der Waals surface area contributed by atoms with Gasteiger partial charge in [0.1, 0.15) is 11.6 Å². The van der Waals surface area contributed by atoms with Crippen LogP contribution in [-0.4, -0.2) is 29.7 Å². The minimum atomic E-state index is 0.565. The van der Waals surface area contributed by atoms with Crippen LogP contribution in [0.15, 0.2) is 30.3 Å². The van der Waals surface area contributed by atoms with Crippen LogP contribution in [0.3, 0.4) is 0 Å². The van der Waals surface area contributed by atoms with E-state index in [0.29, 0.717) is 12.4 Å². The van der Waals surface area contributed by atoms with Gasteiger partial charge in [0.25, 0.3) is 0 Å². The fraction of sp³-hybridized carbons (Fsp3) is 0.263. The number of benzene rings is 1. The van der Waals surface area contributed by atoms with Gasteiger partial charge in [-0.3, -0.25) is 4.68 Å². The van der Waals surface area contributed by atoms with Crippen LogP contribution in [0.2, 0.25) is 0 Å². The molecule has 0 aliphatic carbocycles. The first kappa shape index (κ1) is 16.3. The fourth-order valence-corrected chi connectivity index (χ4v) is 3.13. The van der Waals surface area contributed by atoms with Gasteiger partial charge in [-0.25, -0.2) is 15.0 Å². The number of nitrogens with one attached hydrogen (secondary N) is 2. The molecule has 0 saturated carbocycles. The van der Waals surface area contributed by atoms with Crippen molar-refractivity contribution in [1.29, 1.82) is 0 Å². The molecule has 1 aromatic carbocycles. The number of aromatic amines is 1. The molecule has 2 N–H and O–H groups in total. The van der Waals surface area contributed by atoms with E-state index in [-0.39, 0.29) is 0 Å². The number of aromatic nitrogens is 6. The van der Waals surface area contributed by atoms with E-state index in [2.05, 4.69) is 25.4 Å². The molecule has 4 rings (SSSR count). The Hall–Kier alpha value is -3.22. The van der Waals surface area contributed by atoms with Crippen molar-refractivity contribution in [2.24, 2.45) is 7.05 Å². The highest BCUT2D eigenvalue weighted by atomic mass is 15.3. The molecule has 0 spiro atoms. The first-order valence-corrected chi connectivity index (χ1v) is 8.55. The minimum Gasteiger partial charge on any atom is -0.363 e. The van der Waals surface area contributed by atoms with Gasteiger partial charge in [0.15, 0.2) is 5.82 Å². The van der Waals surface area contributed by atoms with Gasteiger partial charge in [-0.2, -0.15) is 5.10 Å². The molecule has 7 nitrogen and oxygen atoms in total. The van der Waals surface area contributed by atoms with Crippen LogP contribution in [0.1, 0.15) is 22.9 Å². The molecule has 0 radical (unpaired) electrons. The fourth-order valence-electron chi connectivity index (χ4n) is 3.13. The average Bonchev–Trinajstić information content (AvgIpc) is 3.13. The van der Waals surface area contributed by atoms with E-state index in [4.69, 9.17) is 4.98 Å². The summed E-state index contributed by atoms with van der Waals surface area (Å²) in [5, 5.41) is 7.81. The standard InChI is InChI=1S/C19H21N7/c1-11-9-16(20-10-17-22-14-7-5-6-8-15(14)23-17)24-19(21-11)18-12(2)25-26(4)13(18)3/h5-9H,10H2,1-4H3,(H,22,23)(H,20,21,24). The Bertz CT molecular complexity index is 1060. The Balaban J connectivity index is 1.62. The molecule has 0 unspecified atom stereocenters. The van der Waals surface area contributed by atoms with E-state index in [9.17, 15) is 0 Å². The average molecular weight is 347 g/mol. The number of para-hydroxylation sites is 2. The number of hydrogen-bond donors (Lipinski definition) is 2. The van der Waals surface area contributed by atoms with Crippen LogP contribution in [-0.2, 0) is 13.6 Å². The Morgan fingerprint density at radius 3 is 2.62 bits per heavy atom. The lowest BCUT2D eigenvalue weighted by Crippen LogP contribution is -2.05. The zero-order valence-electron chi connectivity index (χ0n) is 15.3. The number of nitrogens with zero attached hydrogens (tertiary/aromatic N) is 5. The monoisotopic (exact) mass is 347 g/mol. The molecule has 0 aliphatic rings. The number of hydrogen-bond acceptors (Lipinski definition) is 5. The molecule has 0 amide bonds. The molecule has 3 aromatic heterocycles. The van der Waals surface area contributed by atoms with Crippen molar-refractivity contribution < 1.29 is 0 Å². The van der Waals surface area contributed by atoms with Gasteiger partial charge in [0.2, 0.25) is 0 Å². The molecule has 0 saturated heterocycles. The van der Waals surface area contributed by atoms with Crippen LogP contribution < -0.4 is 5.32 Å². The third kappa shape index (κ3) is 2.92. The van der Waals surface area contributed by atoms with Gasteiger partial charge in [-0.05, 0) is 32.9 Å². The van der Waals surface area contributed by atoms with Gasteiger partial charge >= 0.3 is 0 Å². The van der Waals surface area contributed by atoms with E-state index in [0.717, 1.165) is 45.3 Å². The maximum absolute atomic E-state index is 4.69. The van der Waals surface area contributed by atoms with E-state index in [1.165, 1.54) is 0 Å². The van der Waals surface area contributed by atoms with Crippen molar-refractivity contribution >= 4 is 16.9 Å². The second-order valence-electron chi connectivity index (χ2n) is 6.44. The molecule has 0 atom stereocenters. The molecular formula is C19H21N7. The molecule has 132 valence electrons. The number of fused-ring (bicyclic) bond motifs is 1. The first-order valence-electron chi connectivity index (χ1n) is 8.55. The smallest absolute Gasteiger partial charge is 0.165 e. The van der Waals surface area contributed by atoms with Gasteiger partial charge < -0.3 is 10.3 Å². The number of H-pyrrole nitrogens is 1. The lowest BCUT2D eigenvalue weighted by Gasteiger charge is -2.08. The summed E-state index contributed by atoms with van der Waals surface area (Å²) in [6, 6.07) is 9.94. The van der Waals surface area contributed by atoms with Crippen LogP contribution in [0.4, 0.5) is 5.82 Å². The molecular weight excluding hydrogens is 326 g/mol. The number of aryl methyl sites for hydroxylation is 3. The summed E-state index contributed by atoms with van der Waals surface area (Å²) in [6.07, 6.45) is 0. The lowest BCUT2D eigenvalue weighted by molar-refractivity contribution is 0.731. The summed E-state index contributed by atoms with van der Waals surface area (Å²) in [4.78, 5) is 17.2. The molecule has 7 heteroatoms. The van der Waals surface area contributed by atoms with E-state index in [1.807, 2.05) is 62.8 Å². The zero-order chi connectivity index (χ0) is 18.3. The third-order valence-electron chi connectivity index (χ3n) is 4.46. The lowest BCUT2D eigenvalue weighted by atomic mass is 10.2. The van der Waals surface area contributed by atoms with Gasteiger partial charge in [0.05, 0.1) is 28.8 Å². The van der Waals surface area contributed by atoms with E-state index in [1.54, 1.807) is 0 Å². The number of imidazole rings is 1. The Morgan fingerprint density at radius 2 is 1.88 bits per heavy atom. The maximum atomic E-state index is 4.69. The predicted octanol–water partition coefficient (Wildman–Crippen LogP) is 3.29. The summed E-state index contributed by atoms with van der Waals surface area (Å²) in [5.41, 5.74) is 5.87. The van der Waals surface area contributed by atoms with Crippen molar-refractivity contribution in [3.05, 3.63) is 53.2 Å². The van der Waals surface area contributed by atoms with Crippen molar-refractivity contribution in [3.8, 4) is 11.4 Å². The highest BCUT2D eigenvalue weighted by molar-refractivity contribution is 5.74. The highest BCUT2D eigenvalue weighted by Gasteiger charge is 2.15. The normalized spacial score (nSPS) is 11.2. The molecule has 4 aromatic rings. The molecule has 0 aliphatic heterocycles. The second-order valence-corrected chi connectivity index (χ2v) is 6.44. The van der Waals surface area contributed by atoms with Crippen molar-refractivity contribution in [3.63, 3.8) is 0 Å². The summed E-state index contributed by atoms with van der Waals surface area (Å²) < 4.78 is 1.86. The summed E-state index contributed by atoms with van der Waals surface area (Å²) in [5.74, 6) is 2.34.